The van der Waals surface area contributed by atoms with Crippen LogP contribution in [-0.2, 0) is 4.79 Å². The van der Waals surface area contributed by atoms with E-state index in [1.807, 2.05) is 24.0 Å². The van der Waals surface area contributed by atoms with Gasteiger partial charge in [-0.1, -0.05) is 0 Å². The molecule has 11 heteroatoms. The van der Waals surface area contributed by atoms with Gasteiger partial charge in [-0.2, -0.15) is 10.1 Å². The molecule has 11 nitrogen and oxygen atoms in total. The van der Waals surface area contributed by atoms with Gasteiger partial charge in [0.05, 0.1) is 0 Å². The number of amides is 3. The molecule has 2 aromatic heterocycles. The van der Waals surface area contributed by atoms with Crippen molar-refractivity contribution in [2.75, 3.05) is 23.7 Å². The molecule has 1 saturated heterocycles. The van der Waals surface area contributed by atoms with E-state index < -0.39 is 0 Å². The first kappa shape index (κ1) is 23.4. The highest BCUT2D eigenvalue weighted by Gasteiger charge is 2.35. The van der Waals surface area contributed by atoms with E-state index in [1.165, 1.54) is 0 Å². The average molecular weight is 482 g/mol. The number of aromatic nitrogens is 4. The lowest BCUT2D eigenvalue weighted by atomic mass is 9.91. The molecule has 0 spiro atoms. The minimum atomic E-state index is -0.0934. The van der Waals surface area contributed by atoms with Crippen molar-refractivity contribution in [2.24, 2.45) is 5.92 Å². The number of carbonyl (C=O) groups excluding carboxylic acids is 2. The van der Waals surface area contributed by atoms with Crippen molar-refractivity contribution in [3.8, 4) is 0 Å². The number of piperidine rings is 1. The molecule has 0 aromatic carbocycles. The van der Waals surface area contributed by atoms with Gasteiger partial charge in [0.15, 0.2) is 5.82 Å². The first-order chi connectivity index (χ1) is 17.0. The zero-order valence-corrected chi connectivity index (χ0v) is 20.2. The van der Waals surface area contributed by atoms with E-state index in [-0.39, 0.29) is 30.1 Å². The molecule has 5 N–H and O–H groups in total. The molecule has 0 unspecified atom stereocenters. The van der Waals surface area contributed by atoms with Crippen LogP contribution in [0.15, 0.2) is 18.3 Å². The number of rotatable bonds is 7. The van der Waals surface area contributed by atoms with Gasteiger partial charge < -0.3 is 26.2 Å². The molecule has 0 bridgehead atoms. The largest absolute Gasteiger partial charge is 0.351 e. The summed E-state index contributed by atoms with van der Waals surface area (Å²) in [5, 5.41) is 19.9. The van der Waals surface area contributed by atoms with Gasteiger partial charge in [-0.3, -0.25) is 9.89 Å². The summed E-state index contributed by atoms with van der Waals surface area (Å²) in [4.78, 5) is 35.6. The Hall–Kier alpha value is -3.37. The second-order valence-corrected chi connectivity index (χ2v) is 10.0. The molecule has 1 aliphatic heterocycles. The SMILES string of the molecule is Cc1cc(Nc2ccnc(N[C@H]3CC[C@H](NC(=O)NC4CCN(C(=O)C5CC5)CC4)CC3)n2)n[nH]1. The topological polar surface area (TPSA) is 140 Å². The summed E-state index contributed by atoms with van der Waals surface area (Å²) in [6.07, 6.45) is 9.15. The quantitative estimate of drug-likeness (QED) is 0.410. The summed E-state index contributed by atoms with van der Waals surface area (Å²) in [5.74, 6) is 2.56. The van der Waals surface area contributed by atoms with Crippen LogP contribution in [0.1, 0.15) is 57.1 Å². The van der Waals surface area contributed by atoms with E-state index >= 15 is 0 Å². The van der Waals surface area contributed by atoms with Crippen LogP contribution < -0.4 is 21.3 Å². The van der Waals surface area contributed by atoms with Gasteiger partial charge in [-0.15, -0.1) is 0 Å². The Labute approximate surface area is 205 Å². The monoisotopic (exact) mass is 481 g/mol. The lowest BCUT2D eigenvalue weighted by molar-refractivity contribution is -0.133. The van der Waals surface area contributed by atoms with Crippen molar-refractivity contribution >= 4 is 29.5 Å². The molecule has 2 aliphatic carbocycles. The fourth-order valence-electron chi connectivity index (χ4n) is 4.92. The van der Waals surface area contributed by atoms with Crippen LogP contribution >= 0.6 is 0 Å². The van der Waals surface area contributed by atoms with Gasteiger partial charge in [-0.05, 0) is 64.4 Å². The zero-order chi connectivity index (χ0) is 24.2. The molecule has 3 amide bonds. The number of carbonyl (C=O) groups is 2. The number of aromatic amines is 1. The Morgan fingerprint density at radius 1 is 0.943 bits per heavy atom. The molecule has 3 fully saturated rings. The highest BCUT2D eigenvalue weighted by Crippen LogP contribution is 2.32. The Morgan fingerprint density at radius 3 is 2.29 bits per heavy atom. The molecule has 0 radical (unpaired) electrons. The minimum absolute atomic E-state index is 0.0934. The van der Waals surface area contributed by atoms with Crippen LogP contribution in [0.4, 0.5) is 22.4 Å². The van der Waals surface area contributed by atoms with Gasteiger partial charge in [-0.25, -0.2) is 9.78 Å². The second kappa shape index (κ2) is 10.5. The van der Waals surface area contributed by atoms with E-state index in [2.05, 4.69) is 41.4 Å². The Bertz CT molecular complexity index is 1020. The number of H-pyrrole nitrogens is 1. The summed E-state index contributed by atoms with van der Waals surface area (Å²) in [6, 6.07) is 4.21. The number of urea groups is 1. The molecule has 3 heterocycles. The van der Waals surface area contributed by atoms with Crippen LogP contribution in [0.25, 0.3) is 0 Å². The lowest BCUT2D eigenvalue weighted by Crippen LogP contribution is -2.51. The van der Waals surface area contributed by atoms with Crippen LogP contribution in [0.2, 0.25) is 0 Å². The number of nitrogens with one attached hydrogen (secondary N) is 5. The number of likely N-dealkylation sites (tertiary alicyclic amines) is 1. The third kappa shape index (κ3) is 6.40. The summed E-state index contributed by atoms with van der Waals surface area (Å²) in [7, 11) is 0. The molecule has 0 atom stereocenters. The Morgan fingerprint density at radius 2 is 1.63 bits per heavy atom. The predicted octanol–water partition coefficient (Wildman–Crippen LogP) is 2.68. The normalized spacial score (nSPS) is 22.9. The molecule has 2 aromatic rings. The standard InChI is InChI=1S/C24H35N9O2/c1-15-14-21(32-31-15)29-20-8-11-25-23(30-20)26-17-4-6-18(7-5-17)27-24(35)28-19-9-12-33(13-10-19)22(34)16-2-3-16/h8,11,14,16-19H,2-7,9-10,12-13H2,1H3,(H2,27,28,35)(H3,25,26,29,30,31,32)/t17-,18-. The average Bonchev–Trinajstić information content (AvgIpc) is 3.62. The highest BCUT2D eigenvalue weighted by atomic mass is 16.2. The molecule has 3 aliphatic rings. The van der Waals surface area contributed by atoms with Crippen LogP contribution in [-0.4, -0.2) is 68.2 Å². The Kier molecular flexibility index (Phi) is 7.01. The van der Waals surface area contributed by atoms with Crippen molar-refractivity contribution < 1.29 is 9.59 Å². The molecule has 35 heavy (non-hydrogen) atoms. The molecular weight excluding hydrogens is 446 g/mol. The van der Waals surface area contributed by atoms with Crippen LogP contribution in [0.3, 0.4) is 0 Å². The first-order valence-corrected chi connectivity index (χ1v) is 12.8. The van der Waals surface area contributed by atoms with Crippen molar-refractivity contribution in [3.63, 3.8) is 0 Å². The number of hydrogen-bond acceptors (Lipinski definition) is 7. The second-order valence-electron chi connectivity index (χ2n) is 10.0. The smallest absolute Gasteiger partial charge is 0.315 e. The molecule has 2 saturated carbocycles. The Balaban J connectivity index is 1.01. The van der Waals surface area contributed by atoms with Crippen molar-refractivity contribution in [1.29, 1.82) is 0 Å². The number of aryl methyl sites for hydroxylation is 1. The van der Waals surface area contributed by atoms with Crippen LogP contribution in [0.5, 0.6) is 0 Å². The number of anilines is 3. The minimum Gasteiger partial charge on any atom is -0.351 e. The van der Waals surface area contributed by atoms with Gasteiger partial charge in [0.1, 0.15) is 5.82 Å². The van der Waals surface area contributed by atoms with E-state index in [1.54, 1.807) is 6.20 Å². The molecule has 5 rings (SSSR count). The van der Waals surface area contributed by atoms with E-state index in [9.17, 15) is 9.59 Å². The summed E-state index contributed by atoms with van der Waals surface area (Å²) in [5.41, 5.74) is 0.977. The number of nitrogens with zero attached hydrogens (tertiary/aromatic N) is 4. The fraction of sp³-hybridized carbons (Fsp3) is 0.625. The molecule has 188 valence electrons. The third-order valence-corrected chi connectivity index (χ3v) is 7.08. The first-order valence-electron chi connectivity index (χ1n) is 12.8. The maximum atomic E-state index is 12.5. The van der Waals surface area contributed by atoms with Gasteiger partial charge >= 0.3 is 6.03 Å². The van der Waals surface area contributed by atoms with Crippen molar-refractivity contribution in [1.82, 2.24) is 35.7 Å². The van der Waals surface area contributed by atoms with Gasteiger partial charge in [0.25, 0.3) is 0 Å². The molecular formula is C24H35N9O2. The van der Waals surface area contributed by atoms with Crippen LogP contribution in [0, 0.1) is 12.8 Å². The number of hydrogen-bond donors (Lipinski definition) is 5. The summed E-state index contributed by atoms with van der Waals surface area (Å²) >= 11 is 0. The zero-order valence-electron chi connectivity index (χ0n) is 20.2. The summed E-state index contributed by atoms with van der Waals surface area (Å²) < 4.78 is 0. The predicted molar refractivity (Wildman–Crippen MR) is 132 cm³/mol. The third-order valence-electron chi connectivity index (χ3n) is 7.08. The highest BCUT2D eigenvalue weighted by molar-refractivity contribution is 5.81. The van der Waals surface area contributed by atoms with Crippen molar-refractivity contribution in [2.45, 2.75) is 76.4 Å². The summed E-state index contributed by atoms with van der Waals surface area (Å²) in [6.45, 7) is 3.44. The maximum Gasteiger partial charge on any atom is 0.315 e. The van der Waals surface area contributed by atoms with E-state index in [0.717, 1.165) is 70.2 Å². The maximum absolute atomic E-state index is 12.5. The fourth-order valence-corrected chi connectivity index (χ4v) is 4.92. The van der Waals surface area contributed by atoms with Gasteiger partial charge in [0.2, 0.25) is 11.9 Å². The van der Waals surface area contributed by atoms with Crippen molar-refractivity contribution in [3.05, 3.63) is 24.0 Å². The van der Waals surface area contributed by atoms with E-state index in [4.69, 9.17) is 0 Å². The van der Waals surface area contributed by atoms with Gasteiger partial charge in [0, 0.05) is 55.1 Å². The lowest BCUT2D eigenvalue weighted by Gasteiger charge is -2.33. The van der Waals surface area contributed by atoms with E-state index in [0.29, 0.717) is 23.5 Å².